The molecule has 24 heavy (non-hydrogen) atoms. The molecule has 0 aromatic heterocycles. The lowest BCUT2D eigenvalue weighted by Crippen LogP contribution is -2.20. The molecule has 2 aromatic rings. The molecular formula is C18H16N2O4. The van der Waals surface area contributed by atoms with Gasteiger partial charge in [-0.25, -0.2) is 0 Å². The molecule has 0 aliphatic carbocycles. The number of nitriles is 1. The molecule has 0 saturated heterocycles. The third kappa shape index (κ3) is 4.58. The summed E-state index contributed by atoms with van der Waals surface area (Å²) < 4.78 is 10.6. The number of nitrogens with one attached hydrogen (secondary N) is 1. The van der Waals surface area contributed by atoms with E-state index in [1.54, 1.807) is 36.4 Å². The van der Waals surface area contributed by atoms with Crippen LogP contribution < -0.4 is 14.8 Å². The number of ether oxygens (including phenoxy) is 2. The number of amides is 1. The SMILES string of the molecule is COc1cc(C=O)ccc1OCC(=O)Nc1ccc(CC#N)cc1. The topological polar surface area (TPSA) is 88.4 Å². The van der Waals surface area contributed by atoms with E-state index in [4.69, 9.17) is 14.7 Å². The predicted molar refractivity (Wildman–Crippen MR) is 88.3 cm³/mol. The van der Waals surface area contributed by atoms with Gasteiger partial charge in [0.25, 0.3) is 5.91 Å². The zero-order valence-electron chi connectivity index (χ0n) is 13.1. The highest BCUT2D eigenvalue weighted by Crippen LogP contribution is 2.27. The van der Waals surface area contributed by atoms with E-state index in [1.165, 1.54) is 13.2 Å². The highest BCUT2D eigenvalue weighted by Gasteiger charge is 2.09. The molecule has 0 saturated carbocycles. The summed E-state index contributed by atoms with van der Waals surface area (Å²) in [6.07, 6.45) is 1.03. The third-order valence-electron chi connectivity index (χ3n) is 3.20. The highest BCUT2D eigenvalue weighted by molar-refractivity contribution is 5.91. The van der Waals surface area contributed by atoms with Crippen molar-refractivity contribution in [2.24, 2.45) is 0 Å². The molecule has 0 radical (unpaired) electrons. The standard InChI is InChI=1S/C18H16N2O4/c1-23-17-10-14(11-21)4-7-16(17)24-12-18(22)20-15-5-2-13(3-6-15)8-9-19/h2-7,10-11H,8,12H2,1H3,(H,20,22). The number of benzene rings is 2. The number of methoxy groups -OCH3 is 1. The summed E-state index contributed by atoms with van der Waals surface area (Å²) in [4.78, 5) is 22.7. The predicted octanol–water partition coefficient (Wildman–Crippen LogP) is 2.59. The van der Waals surface area contributed by atoms with Gasteiger partial charge >= 0.3 is 0 Å². The van der Waals surface area contributed by atoms with Crippen LogP contribution in [0.1, 0.15) is 15.9 Å². The molecule has 0 fully saturated rings. The fraction of sp³-hybridized carbons (Fsp3) is 0.167. The monoisotopic (exact) mass is 324 g/mol. The third-order valence-corrected chi connectivity index (χ3v) is 3.20. The Labute approximate surface area is 139 Å². The van der Waals surface area contributed by atoms with Gasteiger partial charge in [-0.1, -0.05) is 12.1 Å². The van der Waals surface area contributed by atoms with Crippen LogP contribution in [0.2, 0.25) is 0 Å². The van der Waals surface area contributed by atoms with Crippen LogP contribution in [-0.4, -0.2) is 25.9 Å². The molecule has 1 amide bonds. The minimum absolute atomic E-state index is 0.198. The van der Waals surface area contributed by atoms with E-state index in [0.29, 0.717) is 35.5 Å². The molecule has 0 spiro atoms. The van der Waals surface area contributed by atoms with E-state index in [2.05, 4.69) is 11.4 Å². The van der Waals surface area contributed by atoms with E-state index >= 15 is 0 Å². The second kappa shape index (κ2) is 8.34. The summed E-state index contributed by atoms with van der Waals surface area (Å²) in [5, 5.41) is 11.3. The van der Waals surface area contributed by atoms with Gasteiger partial charge in [0.2, 0.25) is 0 Å². The minimum atomic E-state index is -0.329. The van der Waals surface area contributed by atoms with Gasteiger partial charge in [-0.2, -0.15) is 5.26 Å². The number of anilines is 1. The number of carbonyl (C=O) groups excluding carboxylic acids is 2. The summed E-state index contributed by atoms with van der Waals surface area (Å²) >= 11 is 0. The lowest BCUT2D eigenvalue weighted by Gasteiger charge is -2.11. The van der Waals surface area contributed by atoms with Crippen LogP contribution in [-0.2, 0) is 11.2 Å². The van der Waals surface area contributed by atoms with Crippen LogP contribution >= 0.6 is 0 Å². The lowest BCUT2D eigenvalue weighted by atomic mass is 10.1. The lowest BCUT2D eigenvalue weighted by molar-refractivity contribution is -0.118. The molecule has 6 heteroatoms. The van der Waals surface area contributed by atoms with Crippen molar-refractivity contribution in [1.29, 1.82) is 5.26 Å². The van der Waals surface area contributed by atoms with Gasteiger partial charge in [0.15, 0.2) is 18.1 Å². The summed E-state index contributed by atoms with van der Waals surface area (Å²) in [6, 6.07) is 13.8. The van der Waals surface area contributed by atoms with Crippen molar-refractivity contribution in [3.8, 4) is 17.6 Å². The Morgan fingerprint density at radius 2 is 1.96 bits per heavy atom. The molecule has 0 atom stereocenters. The molecule has 1 N–H and O–H groups in total. The molecule has 0 unspecified atom stereocenters. The van der Waals surface area contributed by atoms with Gasteiger partial charge in [-0.3, -0.25) is 9.59 Å². The maximum atomic E-state index is 11.9. The van der Waals surface area contributed by atoms with Crippen LogP contribution in [0.5, 0.6) is 11.5 Å². The fourth-order valence-corrected chi connectivity index (χ4v) is 2.01. The number of aldehydes is 1. The van der Waals surface area contributed by atoms with E-state index in [0.717, 1.165) is 5.56 Å². The first-order chi connectivity index (χ1) is 11.7. The van der Waals surface area contributed by atoms with Gasteiger partial charge in [0.1, 0.15) is 6.29 Å². The normalized spacial score (nSPS) is 9.67. The van der Waals surface area contributed by atoms with Crippen molar-refractivity contribution >= 4 is 17.9 Å². The van der Waals surface area contributed by atoms with Crippen LogP contribution in [0.3, 0.4) is 0 Å². The second-order valence-electron chi connectivity index (χ2n) is 4.90. The van der Waals surface area contributed by atoms with Crippen LogP contribution in [0.25, 0.3) is 0 Å². The number of carbonyl (C=O) groups is 2. The van der Waals surface area contributed by atoms with E-state index < -0.39 is 0 Å². The Morgan fingerprint density at radius 1 is 1.21 bits per heavy atom. The molecule has 0 bridgehead atoms. The number of rotatable bonds is 7. The molecule has 0 aliphatic heterocycles. The van der Waals surface area contributed by atoms with E-state index in [9.17, 15) is 9.59 Å². The molecule has 2 aromatic carbocycles. The Bertz CT molecular complexity index is 764. The molecule has 0 aliphatic rings. The summed E-state index contributed by atoms with van der Waals surface area (Å²) in [5.74, 6) is 0.431. The maximum Gasteiger partial charge on any atom is 0.262 e. The van der Waals surface area contributed by atoms with Crippen molar-refractivity contribution in [3.05, 3.63) is 53.6 Å². The smallest absolute Gasteiger partial charge is 0.262 e. The Hall–Kier alpha value is -3.33. The Kier molecular flexibility index (Phi) is 5.92. The first-order valence-corrected chi connectivity index (χ1v) is 7.18. The van der Waals surface area contributed by atoms with Crippen molar-refractivity contribution in [2.75, 3.05) is 19.0 Å². The highest BCUT2D eigenvalue weighted by atomic mass is 16.5. The average Bonchev–Trinajstić information content (AvgIpc) is 2.61. The van der Waals surface area contributed by atoms with Gasteiger partial charge in [0.05, 0.1) is 19.6 Å². The van der Waals surface area contributed by atoms with Gasteiger partial charge < -0.3 is 14.8 Å². The zero-order valence-corrected chi connectivity index (χ0v) is 13.1. The largest absolute Gasteiger partial charge is 0.493 e. The summed E-state index contributed by atoms with van der Waals surface area (Å²) in [7, 11) is 1.46. The van der Waals surface area contributed by atoms with Crippen molar-refractivity contribution in [2.45, 2.75) is 6.42 Å². The quantitative estimate of drug-likeness (QED) is 0.791. The van der Waals surface area contributed by atoms with Crippen molar-refractivity contribution in [1.82, 2.24) is 0 Å². The van der Waals surface area contributed by atoms with Crippen LogP contribution in [0.4, 0.5) is 5.69 Å². The van der Waals surface area contributed by atoms with Crippen molar-refractivity contribution < 1.29 is 19.1 Å². The fourth-order valence-electron chi connectivity index (χ4n) is 2.01. The second-order valence-corrected chi connectivity index (χ2v) is 4.90. The summed E-state index contributed by atoms with van der Waals surface area (Å²) in [5.41, 5.74) is 1.96. The van der Waals surface area contributed by atoms with Gasteiger partial charge in [0, 0.05) is 11.3 Å². The minimum Gasteiger partial charge on any atom is -0.493 e. The van der Waals surface area contributed by atoms with Gasteiger partial charge in [-0.05, 0) is 35.9 Å². The molecular weight excluding hydrogens is 308 g/mol. The molecule has 122 valence electrons. The average molecular weight is 324 g/mol. The van der Waals surface area contributed by atoms with Gasteiger partial charge in [-0.15, -0.1) is 0 Å². The van der Waals surface area contributed by atoms with Crippen molar-refractivity contribution in [3.63, 3.8) is 0 Å². The van der Waals surface area contributed by atoms with E-state index in [1.807, 2.05) is 0 Å². The molecule has 2 rings (SSSR count). The number of nitrogens with zero attached hydrogens (tertiary/aromatic N) is 1. The van der Waals surface area contributed by atoms with Crippen LogP contribution in [0.15, 0.2) is 42.5 Å². The zero-order chi connectivity index (χ0) is 17.4. The first kappa shape index (κ1) is 17.0. The Balaban J connectivity index is 1.93. The number of hydrogen-bond acceptors (Lipinski definition) is 5. The molecule has 6 nitrogen and oxygen atoms in total. The molecule has 0 heterocycles. The Morgan fingerprint density at radius 3 is 2.58 bits per heavy atom. The van der Waals surface area contributed by atoms with Crippen LogP contribution in [0, 0.1) is 11.3 Å². The first-order valence-electron chi connectivity index (χ1n) is 7.18. The van der Waals surface area contributed by atoms with E-state index in [-0.39, 0.29) is 12.5 Å². The number of hydrogen-bond donors (Lipinski definition) is 1. The summed E-state index contributed by atoms with van der Waals surface area (Å²) in [6.45, 7) is -0.198. The maximum absolute atomic E-state index is 11.9.